The van der Waals surface area contributed by atoms with Crippen molar-refractivity contribution >= 4 is 0 Å². The Morgan fingerprint density at radius 3 is 2.94 bits per heavy atom. The molecular formula is C12H23N3O. The average molecular weight is 225 g/mol. The van der Waals surface area contributed by atoms with E-state index in [1.807, 2.05) is 14.0 Å². The van der Waals surface area contributed by atoms with E-state index in [0.29, 0.717) is 5.92 Å². The summed E-state index contributed by atoms with van der Waals surface area (Å²) >= 11 is 0. The number of hydrogen-bond donors (Lipinski definition) is 1. The predicted molar refractivity (Wildman–Crippen MR) is 64.1 cm³/mol. The molecule has 2 unspecified atom stereocenters. The normalized spacial score (nSPS) is 26.0. The Balaban J connectivity index is 2.45. The maximum Gasteiger partial charge on any atom is 0.116 e. The molecule has 2 atom stereocenters. The Morgan fingerprint density at radius 2 is 2.38 bits per heavy atom. The van der Waals surface area contributed by atoms with E-state index in [1.165, 1.54) is 12.8 Å². The van der Waals surface area contributed by atoms with Crippen LogP contribution in [-0.4, -0.2) is 50.8 Å². The molecule has 1 rings (SSSR count). The maximum absolute atomic E-state index is 9.12. The molecule has 0 spiro atoms. The fourth-order valence-electron chi connectivity index (χ4n) is 2.28. The lowest BCUT2D eigenvalue weighted by molar-refractivity contribution is 0.0823. The molecular weight excluding hydrogens is 202 g/mol. The molecule has 0 bridgehead atoms. The SMILES string of the molecule is CNC(C)(C#N)CN1CCCC(COC)C1. The second-order valence-corrected chi connectivity index (χ2v) is 4.89. The van der Waals surface area contributed by atoms with E-state index in [4.69, 9.17) is 10.00 Å². The summed E-state index contributed by atoms with van der Waals surface area (Å²) in [4.78, 5) is 2.37. The van der Waals surface area contributed by atoms with Gasteiger partial charge in [0.15, 0.2) is 0 Å². The molecule has 1 fully saturated rings. The second-order valence-electron chi connectivity index (χ2n) is 4.89. The summed E-state index contributed by atoms with van der Waals surface area (Å²) in [5.74, 6) is 0.624. The third-order valence-corrected chi connectivity index (χ3v) is 3.34. The molecule has 1 heterocycles. The monoisotopic (exact) mass is 225 g/mol. The van der Waals surface area contributed by atoms with Crippen molar-refractivity contribution in [3.63, 3.8) is 0 Å². The van der Waals surface area contributed by atoms with E-state index in [1.54, 1.807) is 7.11 Å². The number of likely N-dealkylation sites (N-methyl/N-ethyl adjacent to an activating group) is 1. The topological polar surface area (TPSA) is 48.3 Å². The van der Waals surface area contributed by atoms with Gasteiger partial charge in [-0.25, -0.2) is 0 Å². The molecule has 0 radical (unpaired) electrons. The van der Waals surface area contributed by atoms with Crippen LogP contribution in [0.15, 0.2) is 0 Å². The molecule has 1 aliphatic rings. The van der Waals surface area contributed by atoms with E-state index < -0.39 is 5.54 Å². The average Bonchev–Trinajstić information content (AvgIpc) is 2.30. The molecule has 0 aromatic carbocycles. The fraction of sp³-hybridized carbons (Fsp3) is 0.917. The highest BCUT2D eigenvalue weighted by Gasteiger charge is 2.28. The molecule has 1 saturated heterocycles. The van der Waals surface area contributed by atoms with Crippen LogP contribution < -0.4 is 5.32 Å². The minimum absolute atomic E-state index is 0.436. The van der Waals surface area contributed by atoms with Crippen molar-refractivity contribution in [1.29, 1.82) is 5.26 Å². The van der Waals surface area contributed by atoms with Crippen molar-refractivity contribution in [2.45, 2.75) is 25.3 Å². The molecule has 0 aliphatic carbocycles. The number of nitrogens with one attached hydrogen (secondary N) is 1. The van der Waals surface area contributed by atoms with Gasteiger partial charge in [-0.3, -0.25) is 0 Å². The number of hydrogen-bond acceptors (Lipinski definition) is 4. The van der Waals surface area contributed by atoms with Crippen LogP contribution in [0.25, 0.3) is 0 Å². The Labute approximate surface area is 98.6 Å². The van der Waals surface area contributed by atoms with Crippen LogP contribution in [0.2, 0.25) is 0 Å². The summed E-state index contributed by atoms with van der Waals surface area (Å²) in [5, 5.41) is 12.2. The summed E-state index contributed by atoms with van der Waals surface area (Å²) in [5.41, 5.74) is -0.436. The highest BCUT2D eigenvalue weighted by atomic mass is 16.5. The van der Waals surface area contributed by atoms with Crippen molar-refractivity contribution < 1.29 is 4.74 Å². The van der Waals surface area contributed by atoms with E-state index >= 15 is 0 Å². The highest BCUT2D eigenvalue weighted by Crippen LogP contribution is 2.18. The van der Waals surface area contributed by atoms with Gasteiger partial charge in [0, 0.05) is 20.2 Å². The van der Waals surface area contributed by atoms with Crippen LogP contribution in [-0.2, 0) is 4.74 Å². The molecule has 0 saturated carbocycles. The summed E-state index contributed by atoms with van der Waals surface area (Å²) in [6.45, 7) is 5.72. The van der Waals surface area contributed by atoms with Gasteiger partial charge in [-0.15, -0.1) is 0 Å². The minimum Gasteiger partial charge on any atom is -0.384 e. The van der Waals surface area contributed by atoms with Gasteiger partial charge in [-0.2, -0.15) is 5.26 Å². The van der Waals surface area contributed by atoms with E-state index in [-0.39, 0.29) is 0 Å². The molecule has 1 aliphatic heterocycles. The zero-order valence-corrected chi connectivity index (χ0v) is 10.6. The van der Waals surface area contributed by atoms with Crippen molar-refractivity contribution in [3.05, 3.63) is 0 Å². The van der Waals surface area contributed by atoms with Gasteiger partial charge >= 0.3 is 0 Å². The zero-order valence-electron chi connectivity index (χ0n) is 10.6. The smallest absolute Gasteiger partial charge is 0.116 e. The predicted octanol–water partition coefficient (Wildman–Crippen LogP) is 0.846. The lowest BCUT2D eigenvalue weighted by atomic mass is 9.96. The van der Waals surface area contributed by atoms with Crippen molar-refractivity contribution in [1.82, 2.24) is 10.2 Å². The standard InChI is InChI=1S/C12H23N3O/c1-12(9-13,14-2)10-15-6-4-5-11(7-15)8-16-3/h11,14H,4-8,10H2,1-3H3. The Hall–Kier alpha value is -0.630. The maximum atomic E-state index is 9.12. The van der Waals surface area contributed by atoms with E-state index in [2.05, 4.69) is 16.3 Å². The molecule has 4 heteroatoms. The number of likely N-dealkylation sites (tertiary alicyclic amines) is 1. The molecule has 92 valence electrons. The number of methoxy groups -OCH3 is 1. The summed E-state index contributed by atoms with van der Waals surface area (Å²) in [6.07, 6.45) is 2.45. The van der Waals surface area contributed by atoms with Gasteiger partial charge < -0.3 is 15.0 Å². The van der Waals surface area contributed by atoms with Crippen LogP contribution in [0.3, 0.4) is 0 Å². The summed E-state index contributed by atoms with van der Waals surface area (Å²) < 4.78 is 5.21. The van der Waals surface area contributed by atoms with Crippen molar-refractivity contribution in [3.8, 4) is 6.07 Å². The number of rotatable bonds is 5. The van der Waals surface area contributed by atoms with Crippen LogP contribution in [0.5, 0.6) is 0 Å². The van der Waals surface area contributed by atoms with E-state index in [9.17, 15) is 0 Å². The molecule has 0 aromatic rings. The first-order valence-electron chi connectivity index (χ1n) is 5.95. The van der Waals surface area contributed by atoms with Gasteiger partial charge in [0.05, 0.1) is 12.7 Å². The quantitative estimate of drug-likeness (QED) is 0.753. The van der Waals surface area contributed by atoms with Gasteiger partial charge in [-0.1, -0.05) is 0 Å². The number of nitriles is 1. The van der Waals surface area contributed by atoms with Crippen LogP contribution in [0.1, 0.15) is 19.8 Å². The minimum atomic E-state index is -0.436. The second kappa shape index (κ2) is 6.19. The lowest BCUT2D eigenvalue weighted by Gasteiger charge is -2.36. The first-order valence-corrected chi connectivity index (χ1v) is 5.95. The van der Waals surface area contributed by atoms with Gasteiger partial charge in [0.2, 0.25) is 0 Å². The van der Waals surface area contributed by atoms with Crippen molar-refractivity contribution in [2.24, 2.45) is 5.92 Å². The fourth-order valence-corrected chi connectivity index (χ4v) is 2.28. The largest absolute Gasteiger partial charge is 0.384 e. The first kappa shape index (κ1) is 13.4. The third-order valence-electron chi connectivity index (χ3n) is 3.34. The number of nitrogens with zero attached hydrogens (tertiary/aromatic N) is 2. The van der Waals surface area contributed by atoms with Crippen molar-refractivity contribution in [2.75, 3.05) is 40.4 Å². The molecule has 0 amide bonds. The van der Waals surface area contributed by atoms with Gasteiger partial charge in [0.25, 0.3) is 0 Å². The third kappa shape index (κ3) is 3.75. The van der Waals surface area contributed by atoms with Gasteiger partial charge in [-0.05, 0) is 39.3 Å². The molecule has 4 nitrogen and oxygen atoms in total. The Morgan fingerprint density at radius 1 is 1.62 bits per heavy atom. The van der Waals surface area contributed by atoms with E-state index in [0.717, 1.165) is 26.2 Å². The van der Waals surface area contributed by atoms with Crippen LogP contribution in [0.4, 0.5) is 0 Å². The summed E-state index contributed by atoms with van der Waals surface area (Å²) in [6, 6.07) is 2.34. The Bertz CT molecular complexity index is 249. The van der Waals surface area contributed by atoms with Crippen LogP contribution >= 0.6 is 0 Å². The lowest BCUT2D eigenvalue weighted by Crippen LogP contribution is -2.51. The molecule has 0 aromatic heterocycles. The van der Waals surface area contributed by atoms with Crippen LogP contribution in [0, 0.1) is 17.2 Å². The zero-order chi connectivity index (χ0) is 12.0. The first-order chi connectivity index (χ1) is 7.63. The molecule has 16 heavy (non-hydrogen) atoms. The highest BCUT2D eigenvalue weighted by molar-refractivity contribution is 5.05. The molecule has 1 N–H and O–H groups in total. The van der Waals surface area contributed by atoms with Gasteiger partial charge in [0.1, 0.15) is 5.54 Å². The summed E-state index contributed by atoms with van der Waals surface area (Å²) in [7, 11) is 3.60. The number of piperidine rings is 1. The number of ether oxygens (including phenoxy) is 1. The Kier molecular flexibility index (Phi) is 5.20.